The fourth-order valence-corrected chi connectivity index (χ4v) is 5.15. The van der Waals surface area contributed by atoms with Gasteiger partial charge in [-0.15, -0.1) is 0 Å². The molecule has 2 heterocycles. The van der Waals surface area contributed by atoms with Gasteiger partial charge in [-0.1, -0.05) is 72.4 Å². The zero-order chi connectivity index (χ0) is 22.7. The maximum atomic E-state index is 11.0. The molecule has 0 spiro atoms. The van der Waals surface area contributed by atoms with Crippen LogP contribution in [-0.2, 0) is 27.4 Å². The van der Waals surface area contributed by atoms with Gasteiger partial charge in [0.2, 0.25) is 0 Å². The van der Waals surface area contributed by atoms with Crippen LogP contribution in [0.1, 0.15) is 25.0 Å². The average molecular weight is 457 g/mol. The van der Waals surface area contributed by atoms with Crippen molar-refractivity contribution in [3.8, 4) is 0 Å². The Bertz CT molecular complexity index is 901. The molecule has 0 saturated carbocycles. The molecule has 2 aromatic rings. The van der Waals surface area contributed by atoms with Crippen LogP contribution in [0.5, 0.6) is 0 Å². The Kier molecular flexibility index (Phi) is 7.22. The molecule has 1 fully saturated rings. The highest BCUT2D eigenvalue weighted by molar-refractivity contribution is 8.14. The fraction of sp³-hybridized carbons (Fsp3) is 0.480. The van der Waals surface area contributed by atoms with Crippen molar-refractivity contribution in [2.75, 3.05) is 14.1 Å². The Balaban J connectivity index is 1.62. The molecular formula is C25H32N2O4S. The molecule has 0 aromatic heterocycles. The van der Waals surface area contributed by atoms with E-state index in [9.17, 15) is 5.11 Å². The van der Waals surface area contributed by atoms with Gasteiger partial charge in [0, 0.05) is 14.1 Å². The fourth-order valence-electron chi connectivity index (χ4n) is 4.02. The molecule has 6 nitrogen and oxygen atoms in total. The zero-order valence-corrected chi connectivity index (χ0v) is 19.9. The van der Waals surface area contributed by atoms with Crippen molar-refractivity contribution in [3.63, 3.8) is 0 Å². The van der Waals surface area contributed by atoms with Crippen LogP contribution >= 0.6 is 11.8 Å². The highest BCUT2D eigenvalue weighted by Crippen LogP contribution is 2.42. The van der Waals surface area contributed by atoms with Gasteiger partial charge >= 0.3 is 0 Å². The minimum absolute atomic E-state index is 0.222. The van der Waals surface area contributed by atoms with Crippen LogP contribution in [-0.4, -0.2) is 64.7 Å². The average Bonchev–Trinajstić information content (AvgIpc) is 3.21. The lowest BCUT2D eigenvalue weighted by Crippen LogP contribution is -2.62. The lowest BCUT2D eigenvalue weighted by Gasteiger charge is -2.46. The highest BCUT2D eigenvalue weighted by Gasteiger charge is 2.54. The van der Waals surface area contributed by atoms with E-state index >= 15 is 0 Å². The topological polar surface area (TPSA) is 63.5 Å². The molecule has 0 aliphatic carbocycles. The quantitative estimate of drug-likeness (QED) is 0.686. The first-order chi connectivity index (χ1) is 15.3. The summed E-state index contributed by atoms with van der Waals surface area (Å²) >= 11 is 1.57. The summed E-state index contributed by atoms with van der Waals surface area (Å²) in [5, 5.41) is 11.9. The summed E-state index contributed by atoms with van der Waals surface area (Å²) in [7, 11) is 3.94. The number of aliphatic imine (C=N–C) groups is 1. The maximum Gasteiger partial charge on any atom is 0.161 e. The van der Waals surface area contributed by atoms with E-state index in [-0.39, 0.29) is 17.6 Å². The first kappa shape index (κ1) is 23.3. The smallest absolute Gasteiger partial charge is 0.161 e. The van der Waals surface area contributed by atoms with Crippen LogP contribution in [0.2, 0.25) is 0 Å². The lowest BCUT2D eigenvalue weighted by molar-refractivity contribution is -0.237. The van der Waals surface area contributed by atoms with Crippen LogP contribution in [0.4, 0.5) is 0 Å². The largest absolute Gasteiger partial charge is 0.388 e. The lowest BCUT2D eigenvalue weighted by atomic mass is 9.88. The number of hydrogen-bond donors (Lipinski definition) is 1. The van der Waals surface area contributed by atoms with Gasteiger partial charge in [-0.2, -0.15) is 0 Å². The number of hydrogen-bond acceptors (Lipinski definition) is 7. The molecule has 1 unspecified atom stereocenters. The molecule has 1 saturated heterocycles. The summed E-state index contributed by atoms with van der Waals surface area (Å²) in [6, 6.07) is 19.9. The second-order valence-electron chi connectivity index (χ2n) is 9.02. The molecule has 2 aliphatic heterocycles. The second-order valence-corrected chi connectivity index (χ2v) is 10.1. The number of thioether (sulfide) groups is 1. The van der Waals surface area contributed by atoms with E-state index in [2.05, 4.69) is 0 Å². The highest BCUT2D eigenvalue weighted by atomic mass is 32.2. The first-order valence-corrected chi connectivity index (χ1v) is 11.8. The SMILES string of the molecule is CN(C)C1=N[C@@H]2[C@@H](OCc3ccccc3)[C@H](OCc3ccccc3)C(C(C)(C)O)O[C@@H]2S1. The predicted molar refractivity (Wildman–Crippen MR) is 127 cm³/mol. The summed E-state index contributed by atoms with van der Waals surface area (Å²) in [5.41, 5.74) is 0.798. The zero-order valence-electron chi connectivity index (χ0n) is 19.0. The van der Waals surface area contributed by atoms with Crippen LogP contribution in [0.25, 0.3) is 0 Å². The van der Waals surface area contributed by atoms with E-state index in [4.69, 9.17) is 19.2 Å². The van der Waals surface area contributed by atoms with Gasteiger partial charge in [-0.05, 0) is 25.0 Å². The molecule has 32 heavy (non-hydrogen) atoms. The molecule has 2 aliphatic rings. The number of nitrogens with zero attached hydrogens (tertiary/aromatic N) is 2. The van der Waals surface area contributed by atoms with Crippen molar-refractivity contribution in [1.29, 1.82) is 0 Å². The minimum Gasteiger partial charge on any atom is -0.388 e. The minimum atomic E-state index is -1.11. The van der Waals surface area contributed by atoms with Crippen molar-refractivity contribution >= 4 is 16.9 Å². The van der Waals surface area contributed by atoms with Crippen molar-refractivity contribution in [1.82, 2.24) is 4.90 Å². The molecule has 0 amide bonds. The van der Waals surface area contributed by atoms with Gasteiger partial charge in [-0.3, -0.25) is 4.99 Å². The van der Waals surface area contributed by atoms with Gasteiger partial charge in [0.05, 0.1) is 18.8 Å². The third-order valence-electron chi connectivity index (χ3n) is 5.65. The van der Waals surface area contributed by atoms with Gasteiger partial charge in [-0.25, -0.2) is 0 Å². The molecular weight excluding hydrogens is 424 g/mol. The predicted octanol–water partition coefficient (Wildman–Crippen LogP) is 3.69. The summed E-state index contributed by atoms with van der Waals surface area (Å²) < 4.78 is 19.3. The third kappa shape index (κ3) is 5.35. The maximum absolute atomic E-state index is 11.0. The van der Waals surface area contributed by atoms with Crippen LogP contribution in [0.3, 0.4) is 0 Å². The van der Waals surface area contributed by atoms with Crippen LogP contribution in [0, 0.1) is 0 Å². The van der Waals surface area contributed by atoms with Gasteiger partial charge in [0.15, 0.2) is 5.17 Å². The summed E-state index contributed by atoms with van der Waals surface area (Å²) in [6.45, 7) is 4.37. The number of ether oxygens (including phenoxy) is 3. The molecule has 7 heteroatoms. The third-order valence-corrected chi connectivity index (χ3v) is 6.95. The van der Waals surface area contributed by atoms with E-state index in [0.29, 0.717) is 13.2 Å². The van der Waals surface area contributed by atoms with Gasteiger partial charge in [0.25, 0.3) is 0 Å². The molecule has 2 aromatic carbocycles. The number of aliphatic hydroxyl groups is 1. The van der Waals surface area contributed by atoms with E-state index in [0.717, 1.165) is 16.3 Å². The van der Waals surface area contributed by atoms with Crippen LogP contribution < -0.4 is 0 Å². The van der Waals surface area contributed by atoms with Crippen molar-refractivity contribution in [3.05, 3.63) is 71.8 Å². The summed E-state index contributed by atoms with van der Waals surface area (Å²) in [6.07, 6.45) is -1.40. The van der Waals surface area contributed by atoms with E-state index < -0.39 is 17.8 Å². The van der Waals surface area contributed by atoms with Crippen molar-refractivity contribution < 1.29 is 19.3 Å². The Morgan fingerprint density at radius 2 is 1.47 bits per heavy atom. The number of benzene rings is 2. The normalized spacial score (nSPS) is 27.7. The Hall–Kier alpha value is -1.90. The van der Waals surface area contributed by atoms with Crippen molar-refractivity contribution in [2.45, 2.75) is 62.5 Å². The molecule has 0 bridgehead atoms. The number of rotatable bonds is 7. The molecule has 1 N–H and O–H groups in total. The second kappa shape index (κ2) is 9.93. The van der Waals surface area contributed by atoms with E-state index in [1.165, 1.54) is 0 Å². The standard InChI is InChI=1S/C25H32N2O4S/c1-25(2,28)22-21(30-16-18-13-9-6-10-14-18)20(29-15-17-11-7-5-8-12-17)19-23(31-22)32-24(26-19)27(3)4/h5-14,19-23,28H,15-16H2,1-4H3/t19-,20-,21+,22?,23-/m1/s1. The first-order valence-electron chi connectivity index (χ1n) is 10.9. The number of amidine groups is 1. The molecule has 5 atom stereocenters. The number of fused-ring (bicyclic) bond motifs is 1. The molecule has 0 radical (unpaired) electrons. The molecule has 4 rings (SSSR count). The van der Waals surface area contributed by atoms with Crippen LogP contribution in [0.15, 0.2) is 65.7 Å². The Labute approximate surface area is 194 Å². The van der Waals surface area contributed by atoms with E-state index in [1.807, 2.05) is 79.7 Å². The monoisotopic (exact) mass is 456 g/mol. The molecule has 172 valence electrons. The Morgan fingerprint density at radius 3 is 1.97 bits per heavy atom. The van der Waals surface area contributed by atoms with E-state index in [1.54, 1.807) is 25.6 Å². The van der Waals surface area contributed by atoms with Gasteiger partial charge in [0.1, 0.15) is 29.8 Å². The summed E-state index contributed by atoms with van der Waals surface area (Å²) in [4.78, 5) is 6.90. The van der Waals surface area contributed by atoms with Gasteiger partial charge < -0.3 is 24.2 Å². The summed E-state index contributed by atoms with van der Waals surface area (Å²) in [5.74, 6) is 0. The Morgan fingerprint density at radius 1 is 0.938 bits per heavy atom. The van der Waals surface area contributed by atoms with Crippen molar-refractivity contribution in [2.24, 2.45) is 4.99 Å².